The normalized spacial score (nSPS) is 29.9. The predicted molar refractivity (Wildman–Crippen MR) is 229 cm³/mol. The number of nitrogens with zero attached hydrogens (tertiary/aromatic N) is 3. The zero-order valence-corrected chi connectivity index (χ0v) is 38.5. The molecule has 348 valence electrons. The van der Waals surface area contributed by atoms with Gasteiger partial charge in [-0.15, -0.1) is 0 Å². The van der Waals surface area contributed by atoms with Crippen molar-refractivity contribution in [1.29, 1.82) is 0 Å². The Hall–Kier alpha value is -3.44. The van der Waals surface area contributed by atoms with Crippen LogP contribution in [0.25, 0.3) is 0 Å². The maximum Gasteiger partial charge on any atom is 0.401 e. The number of benzene rings is 2. The number of alkyl halides is 3. The van der Waals surface area contributed by atoms with Gasteiger partial charge in [-0.1, -0.05) is 69.3 Å². The molecule has 2 aromatic carbocycles. The van der Waals surface area contributed by atoms with Crippen molar-refractivity contribution in [3.63, 3.8) is 0 Å². The number of esters is 2. The van der Waals surface area contributed by atoms with Crippen LogP contribution in [0.1, 0.15) is 83.7 Å². The molecule has 0 spiro atoms. The lowest BCUT2D eigenvalue weighted by molar-refractivity contribution is -0.295. The Balaban J connectivity index is 1.74. The fourth-order valence-electron chi connectivity index (χ4n) is 8.93. The SMILES string of the molecule is CCN1C[C@H](C)C[C@@](C)(OC)[C@H](O[C@@H]2O[C@H](C)C[C@H](N(C)C)[C@H]2OC(=O)c2ccccc2)[C@@H](C)C(=O)C(C)(C)C(=O)OC[C@H]1[C@@H](CCN(C)CC(F)(F)F)OCc1ccccc1. The van der Waals surface area contributed by atoms with Gasteiger partial charge in [-0.05, 0) is 98.3 Å². The van der Waals surface area contributed by atoms with Crippen molar-refractivity contribution in [3.05, 3.63) is 71.8 Å². The highest BCUT2D eigenvalue weighted by molar-refractivity contribution is 6.04. The number of rotatable bonds is 15. The molecule has 0 amide bonds. The van der Waals surface area contributed by atoms with E-state index in [4.69, 9.17) is 28.4 Å². The van der Waals surface area contributed by atoms with Gasteiger partial charge in [0.25, 0.3) is 0 Å². The molecular formula is C47H70F3N3O9. The molecule has 2 heterocycles. The van der Waals surface area contributed by atoms with Crippen LogP contribution in [0.4, 0.5) is 13.2 Å². The topological polar surface area (TPSA) is 116 Å². The van der Waals surface area contributed by atoms with Crippen LogP contribution in [0.15, 0.2) is 60.7 Å². The molecular weight excluding hydrogens is 808 g/mol. The van der Waals surface area contributed by atoms with Gasteiger partial charge in [0.15, 0.2) is 18.2 Å². The number of hydrogen-bond acceptors (Lipinski definition) is 12. The molecule has 15 heteroatoms. The number of hydrogen-bond donors (Lipinski definition) is 0. The minimum Gasteiger partial charge on any atom is -0.463 e. The maximum atomic E-state index is 14.8. The molecule has 2 saturated heterocycles. The number of cyclic esters (lactones) is 1. The number of ether oxygens (including phenoxy) is 6. The van der Waals surface area contributed by atoms with E-state index in [-0.39, 0.29) is 44.2 Å². The third-order valence-electron chi connectivity index (χ3n) is 12.4. The van der Waals surface area contributed by atoms with Gasteiger partial charge in [-0.3, -0.25) is 19.4 Å². The van der Waals surface area contributed by atoms with Crippen molar-refractivity contribution in [2.45, 2.75) is 129 Å². The number of likely N-dealkylation sites (N-methyl/N-ethyl adjacent to an activating group) is 2. The summed E-state index contributed by atoms with van der Waals surface area (Å²) in [5.74, 6) is -2.85. The van der Waals surface area contributed by atoms with Crippen LogP contribution in [0, 0.1) is 17.3 Å². The van der Waals surface area contributed by atoms with E-state index < -0.39 is 78.0 Å². The van der Waals surface area contributed by atoms with E-state index in [0.29, 0.717) is 31.5 Å². The highest BCUT2D eigenvalue weighted by atomic mass is 19.4. The Morgan fingerprint density at radius 1 is 0.984 bits per heavy atom. The Labute approximate surface area is 366 Å². The van der Waals surface area contributed by atoms with E-state index in [9.17, 15) is 27.6 Å². The Morgan fingerprint density at radius 3 is 2.19 bits per heavy atom. The zero-order chi connectivity index (χ0) is 46.0. The third-order valence-corrected chi connectivity index (χ3v) is 12.4. The second-order valence-electron chi connectivity index (χ2n) is 18.2. The summed E-state index contributed by atoms with van der Waals surface area (Å²) >= 11 is 0. The molecule has 12 nitrogen and oxygen atoms in total. The monoisotopic (exact) mass is 878 g/mol. The molecule has 0 bridgehead atoms. The Bertz CT molecular complexity index is 1720. The van der Waals surface area contributed by atoms with Crippen LogP contribution < -0.4 is 0 Å². The average molecular weight is 878 g/mol. The van der Waals surface area contributed by atoms with Gasteiger partial charge in [0.05, 0.1) is 54.7 Å². The Kier molecular flexibility index (Phi) is 18.5. The molecule has 4 rings (SSSR count). The van der Waals surface area contributed by atoms with Crippen molar-refractivity contribution >= 4 is 17.7 Å². The van der Waals surface area contributed by atoms with Gasteiger partial charge < -0.3 is 33.3 Å². The minimum atomic E-state index is -4.38. The number of methoxy groups -OCH3 is 1. The quantitative estimate of drug-likeness (QED) is 0.135. The van der Waals surface area contributed by atoms with Crippen LogP contribution in [0.5, 0.6) is 0 Å². The number of ketones is 1. The van der Waals surface area contributed by atoms with Gasteiger partial charge in [-0.25, -0.2) is 4.79 Å². The molecule has 2 fully saturated rings. The number of Topliss-reactive ketones (excluding diaryl/α,β-unsaturated/α-hetero) is 1. The average Bonchev–Trinajstić information content (AvgIpc) is 3.22. The molecule has 2 aromatic rings. The molecule has 0 saturated carbocycles. The molecule has 62 heavy (non-hydrogen) atoms. The second-order valence-corrected chi connectivity index (χ2v) is 18.2. The lowest BCUT2D eigenvalue weighted by Gasteiger charge is -2.48. The van der Waals surface area contributed by atoms with Crippen LogP contribution in [0.2, 0.25) is 0 Å². The van der Waals surface area contributed by atoms with Crippen molar-refractivity contribution in [3.8, 4) is 0 Å². The summed E-state index contributed by atoms with van der Waals surface area (Å²) < 4.78 is 78.9. The van der Waals surface area contributed by atoms with Crippen LogP contribution in [-0.2, 0) is 44.6 Å². The summed E-state index contributed by atoms with van der Waals surface area (Å²) in [5.41, 5.74) is -1.58. The van der Waals surface area contributed by atoms with Gasteiger partial charge in [-0.2, -0.15) is 13.2 Å². The summed E-state index contributed by atoms with van der Waals surface area (Å²) in [6.07, 6.45) is -7.26. The van der Waals surface area contributed by atoms with Crippen LogP contribution in [-0.4, -0.2) is 148 Å². The highest BCUT2D eigenvalue weighted by Gasteiger charge is 2.52. The first-order valence-electron chi connectivity index (χ1n) is 21.7. The van der Waals surface area contributed by atoms with Crippen molar-refractivity contribution in [2.75, 3.05) is 61.0 Å². The van der Waals surface area contributed by atoms with Gasteiger partial charge >= 0.3 is 18.1 Å². The molecule has 0 unspecified atom stereocenters. The van der Waals surface area contributed by atoms with E-state index in [0.717, 1.165) is 5.56 Å². The van der Waals surface area contributed by atoms with Gasteiger partial charge in [0.2, 0.25) is 0 Å². The second kappa shape index (κ2) is 22.5. The first-order valence-corrected chi connectivity index (χ1v) is 21.7. The van der Waals surface area contributed by atoms with E-state index in [1.807, 2.05) is 76.2 Å². The van der Waals surface area contributed by atoms with Crippen LogP contribution in [0.3, 0.4) is 0 Å². The summed E-state index contributed by atoms with van der Waals surface area (Å²) in [7, 11) is 6.77. The fraction of sp³-hybridized carbons (Fsp3) is 0.681. The van der Waals surface area contributed by atoms with E-state index in [1.54, 1.807) is 38.3 Å². The largest absolute Gasteiger partial charge is 0.463 e. The summed E-state index contributed by atoms with van der Waals surface area (Å²) in [6.45, 7) is 12.5. The van der Waals surface area contributed by atoms with Crippen molar-refractivity contribution in [1.82, 2.24) is 14.7 Å². The smallest absolute Gasteiger partial charge is 0.401 e. The molecule has 0 N–H and O–H groups in total. The van der Waals surface area contributed by atoms with Crippen LogP contribution >= 0.6 is 0 Å². The van der Waals surface area contributed by atoms with Crippen molar-refractivity contribution in [2.24, 2.45) is 17.3 Å². The van der Waals surface area contributed by atoms with E-state index in [2.05, 4.69) is 11.8 Å². The standard InChI is InChI=1S/C47H70F3N3O9/c1-12-53-27-31(2)26-46(7,57-11)41(62-43-39(36(51(8)9)25-32(3)60-43)61-42(55)35-21-17-14-18-22-35)33(4)40(54)45(5,6)44(56)59-29-37(53)38(23-24-52(10)30-47(48,49)50)58-28-34-19-15-13-16-20-34/h13-22,31-33,36-39,41,43H,12,23-30H2,1-11H3/t31-,32-,33+,36+,37+,38-,39-,41-,43+,46-/m1/s1. The minimum absolute atomic E-state index is 0.0664. The summed E-state index contributed by atoms with van der Waals surface area (Å²) in [4.78, 5) is 47.9. The first-order chi connectivity index (χ1) is 29.1. The highest BCUT2D eigenvalue weighted by Crippen LogP contribution is 2.39. The third kappa shape index (κ3) is 13.8. The molecule has 10 atom stereocenters. The first kappa shape index (κ1) is 51.2. The lowest BCUT2D eigenvalue weighted by atomic mass is 9.74. The predicted octanol–water partition coefficient (Wildman–Crippen LogP) is 7.04. The molecule has 2 aliphatic rings. The Morgan fingerprint density at radius 2 is 1.61 bits per heavy atom. The number of carbonyl (C=O) groups excluding carboxylic acids is 3. The number of halogens is 3. The maximum absolute atomic E-state index is 14.8. The zero-order valence-electron chi connectivity index (χ0n) is 38.5. The summed E-state index contributed by atoms with van der Waals surface area (Å²) in [5, 5.41) is 0. The molecule has 0 radical (unpaired) electrons. The van der Waals surface area contributed by atoms with E-state index in [1.165, 1.54) is 25.8 Å². The fourth-order valence-corrected chi connectivity index (χ4v) is 8.93. The van der Waals surface area contributed by atoms with Crippen molar-refractivity contribution < 1.29 is 56.0 Å². The molecule has 0 aromatic heterocycles. The summed E-state index contributed by atoms with van der Waals surface area (Å²) in [6, 6.07) is 17.2. The van der Waals surface area contributed by atoms with Gasteiger partial charge in [0.1, 0.15) is 12.0 Å². The number of carbonyl (C=O) groups is 3. The van der Waals surface area contributed by atoms with Gasteiger partial charge in [0, 0.05) is 26.1 Å². The van der Waals surface area contributed by atoms with E-state index >= 15 is 0 Å². The molecule has 0 aliphatic carbocycles. The molecule has 2 aliphatic heterocycles. The lowest BCUT2D eigenvalue weighted by Crippen LogP contribution is -2.60.